The number of hydrogen-bond acceptors (Lipinski definition) is 6. The van der Waals surface area contributed by atoms with Crippen LogP contribution in [0.5, 0.6) is 0 Å². The highest BCUT2D eigenvalue weighted by Crippen LogP contribution is 2.10. The average Bonchev–Trinajstić information content (AvgIpc) is 2.37. The molecular formula is C11H12N4O4S. The van der Waals surface area contributed by atoms with E-state index < -0.39 is 21.1 Å². The first-order chi connectivity index (χ1) is 9.36. The second kappa shape index (κ2) is 5.29. The summed E-state index contributed by atoms with van der Waals surface area (Å²) in [5.74, 6) is -0.0169. The predicted molar refractivity (Wildman–Crippen MR) is 72.4 cm³/mol. The highest BCUT2D eigenvalue weighted by molar-refractivity contribution is 7.90. The summed E-state index contributed by atoms with van der Waals surface area (Å²) in [5, 5.41) is 8.40. The molecule has 0 amide bonds. The Hall–Kier alpha value is -2.42. The largest absolute Gasteiger partial charge is 0.360 e. The number of nitrogens with zero attached hydrogens (tertiary/aromatic N) is 1. The maximum atomic E-state index is 11.4. The number of rotatable bonds is 4. The van der Waals surface area contributed by atoms with Gasteiger partial charge in [-0.3, -0.25) is 9.78 Å². The molecule has 20 heavy (non-hydrogen) atoms. The molecule has 8 nitrogen and oxygen atoms in total. The minimum absolute atomic E-state index is 0.0169. The van der Waals surface area contributed by atoms with Gasteiger partial charge >= 0.3 is 5.69 Å². The molecule has 0 fully saturated rings. The second-order valence-electron chi connectivity index (χ2n) is 4.13. The fourth-order valence-corrected chi connectivity index (χ4v) is 2.14. The molecular weight excluding hydrogens is 284 g/mol. The first-order valence-electron chi connectivity index (χ1n) is 5.58. The van der Waals surface area contributed by atoms with Gasteiger partial charge in [0.05, 0.1) is 4.90 Å². The van der Waals surface area contributed by atoms with Crippen molar-refractivity contribution in [3.63, 3.8) is 0 Å². The predicted octanol–water partition coefficient (Wildman–Crippen LogP) is -0.526. The maximum absolute atomic E-state index is 11.4. The summed E-state index contributed by atoms with van der Waals surface area (Å²) in [6, 6.07) is 6.22. The Balaban J connectivity index is 2.12. The Bertz CT molecular complexity index is 820. The Morgan fingerprint density at radius 1 is 1.20 bits per heavy atom. The highest BCUT2D eigenvalue weighted by Gasteiger charge is 2.06. The van der Waals surface area contributed by atoms with E-state index in [0.717, 1.165) is 11.8 Å². The minimum atomic E-state index is -3.23. The topological polar surface area (TPSA) is 125 Å². The molecule has 1 aromatic carbocycles. The lowest BCUT2D eigenvalue weighted by Crippen LogP contribution is -2.26. The van der Waals surface area contributed by atoms with Crippen LogP contribution in [0.25, 0.3) is 0 Å². The molecule has 0 unspecified atom stereocenters. The smallest absolute Gasteiger partial charge is 0.342 e. The Morgan fingerprint density at radius 3 is 2.40 bits per heavy atom. The number of aromatic nitrogens is 3. The fourth-order valence-electron chi connectivity index (χ4n) is 1.51. The van der Waals surface area contributed by atoms with Gasteiger partial charge in [-0.1, -0.05) is 12.1 Å². The molecule has 0 saturated carbocycles. The zero-order valence-electron chi connectivity index (χ0n) is 10.5. The molecule has 0 radical (unpaired) electrons. The number of anilines is 1. The first kappa shape index (κ1) is 14.0. The van der Waals surface area contributed by atoms with Gasteiger partial charge < -0.3 is 5.32 Å². The van der Waals surface area contributed by atoms with Gasteiger partial charge in [0.2, 0.25) is 5.82 Å². The third-order valence-corrected chi connectivity index (χ3v) is 3.65. The van der Waals surface area contributed by atoms with Crippen molar-refractivity contribution < 1.29 is 8.42 Å². The highest BCUT2D eigenvalue weighted by atomic mass is 32.2. The number of benzene rings is 1. The van der Waals surface area contributed by atoms with Crippen molar-refractivity contribution in [1.82, 2.24) is 15.2 Å². The summed E-state index contributed by atoms with van der Waals surface area (Å²) in [5.41, 5.74) is -0.538. The van der Waals surface area contributed by atoms with Crippen LogP contribution in [0, 0.1) is 0 Å². The van der Waals surface area contributed by atoms with E-state index in [-0.39, 0.29) is 17.3 Å². The maximum Gasteiger partial charge on any atom is 0.342 e. The molecule has 106 valence electrons. The number of H-pyrrole nitrogens is 2. The molecule has 0 bridgehead atoms. The van der Waals surface area contributed by atoms with Crippen molar-refractivity contribution in [3.05, 3.63) is 50.7 Å². The zero-order chi connectivity index (χ0) is 14.8. The van der Waals surface area contributed by atoms with Crippen LogP contribution in [0.2, 0.25) is 0 Å². The van der Waals surface area contributed by atoms with E-state index >= 15 is 0 Å². The third kappa shape index (κ3) is 3.32. The normalized spacial score (nSPS) is 11.2. The monoisotopic (exact) mass is 296 g/mol. The lowest BCUT2D eigenvalue weighted by Gasteiger charge is -2.05. The van der Waals surface area contributed by atoms with Gasteiger partial charge in [-0.05, 0) is 17.7 Å². The van der Waals surface area contributed by atoms with Gasteiger partial charge in [-0.15, -0.1) is 5.10 Å². The van der Waals surface area contributed by atoms with Crippen molar-refractivity contribution in [3.8, 4) is 0 Å². The van der Waals surface area contributed by atoms with E-state index in [4.69, 9.17) is 0 Å². The molecule has 9 heteroatoms. The molecule has 0 saturated heterocycles. The standard InChI is InChI=1S/C11H12N4O4S/c1-20(18,19)8-4-2-7(3-5-8)6-12-9-10(16)13-11(17)15-14-9/h2-5H,6H2,1H3,(H,12,14)(H2,13,15,16,17). The van der Waals surface area contributed by atoms with E-state index in [2.05, 4.69) is 15.5 Å². The molecule has 0 aliphatic heterocycles. The van der Waals surface area contributed by atoms with Crippen LogP contribution in [-0.4, -0.2) is 29.9 Å². The number of aromatic amines is 2. The van der Waals surface area contributed by atoms with Crippen LogP contribution in [-0.2, 0) is 16.4 Å². The summed E-state index contributed by atoms with van der Waals surface area (Å²) < 4.78 is 22.6. The summed E-state index contributed by atoms with van der Waals surface area (Å²) in [6.45, 7) is 0.270. The Labute approximate surface area is 113 Å². The van der Waals surface area contributed by atoms with Gasteiger partial charge in [-0.2, -0.15) is 0 Å². The molecule has 0 aliphatic carbocycles. The van der Waals surface area contributed by atoms with Crippen LogP contribution in [0.4, 0.5) is 5.82 Å². The molecule has 1 aromatic heterocycles. The SMILES string of the molecule is CS(=O)(=O)c1ccc(CNc2n[nH]c(=O)[nH]c2=O)cc1. The third-order valence-electron chi connectivity index (χ3n) is 2.52. The first-order valence-corrected chi connectivity index (χ1v) is 7.47. The molecule has 0 spiro atoms. The van der Waals surface area contributed by atoms with Crippen LogP contribution in [0.1, 0.15) is 5.56 Å². The van der Waals surface area contributed by atoms with Crippen LogP contribution in [0.15, 0.2) is 38.8 Å². The van der Waals surface area contributed by atoms with Gasteiger partial charge in [-0.25, -0.2) is 18.3 Å². The second-order valence-corrected chi connectivity index (χ2v) is 6.14. The molecule has 3 N–H and O–H groups in total. The van der Waals surface area contributed by atoms with E-state index in [1.165, 1.54) is 12.1 Å². The van der Waals surface area contributed by atoms with Crippen molar-refractivity contribution >= 4 is 15.7 Å². The van der Waals surface area contributed by atoms with E-state index in [1.807, 2.05) is 4.98 Å². The molecule has 0 aliphatic rings. The number of sulfone groups is 1. The van der Waals surface area contributed by atoms with Crippen LogP contribution < -0.4 is 16.6 Å². The van der Waals surface area contributed by atoms with Crippen LogP contribution in [0.3, 0.4) is 0 Å². The molecule has 2 rings (SSSR count). The van der Waals surface area contributed by atoms with Crippen molar-refractivity contribution in [2.75, 3.05) is 11.6 Å². The molecule has 2 aromatic rings. The molecule has 0 atom stereocenters. The quantitative estimate of drug-likeness (QED) is 0.697. The lowest BCUT2D eigenvalue weighted by molar-refractivity contribution is 0.602. The van der Waals surface area contributed by atoms with Crippen molar-refractivity contribution in [1.29, 1.82) is 0 Å². The van der Waals surface area contributed by atoms with E-state index in [1.54, 1.807) is 12.1 Å². The Morgan fingerprint density at radius 2 is 1.85 bits per heavy atom. The van der Waals surface area contributed by atoms with Gasteiger partial charge in [0.1, 0.15) is 0 Å². The summed E-state index contributed by atoms with van der Waals surface area (Å²) in [7, 11) is -3.23. The van der Waals surface area contributed by atoms with Crippen molar-refractivity contribution in [2.45, 2.75) is 11.4 Å². The number of hydrogen-bond donors (Lipinski definition) is 3. The number of nitrogens with one attached hydrogen (secondary N) is 3. The summed E-state index contributed by atoms with van der Waals surface area (Å²) in [6.07, 6.45) is 1.13. The summed E-state index contributed by atoms with van der Waals surface area (Å²) in [4.78, 5) is 24.4. The lowest BCUT2D eigenvalue weighted by atomic mass is 10.2. The van der Waals surface area contributed by atoms with Gasteiger partial charge in [0, 0.05) is 12.8 Å². The van der Waals surface area contributed by atoms with Gasteiger partial charge in [0.15, 0.2) is 9.84 Å². The fraction of sp³-hybridized carbons (Fsp3) is 0.182. The zero-order valence-corrected chi connectivity index (χ0v) is 11.3. The minimum Gasteiger partial charge on any atom is -0.360 e. The molecule has 1 heterocycles. The van der Waals surface area contributed by atoms with Gasteiger partial charge in [0.25, 0.3) is 5.56 Å². The van der Waals surface area contributed by atoms with Crippen molar-refractivity contribution in [2.24, 2.45) is 0 Å². The average molecular weight is 296 g/mol. The van der Waals surface area contributed by atoms with E-state index in [0.29, 0.717) is 0 Å². The van der Waals surface area contributed by atoms with Crippen LogP contribution >= 0.6 is 0 Å². The Kier molecular flexibility index (Phi) is 3.70. The summed E-state index contributed by atoms with van der Waals surface area (Å²) >= 11 is 0. The van der Waals surface area contributed by atoms with E-state index in [9.17, 15) is 18.0 Å².